The SMILES string of the molecule is Cc1ccn2ncc(-c3nc(Cl)c(F)c(N[C@@H]4CCCN(C(=O)CC#N)C4)n3)c2c1. The maximum Gasteiger partial charge on any atom is 0.236 e. The fourth-order valence-electron chi connectivity index (χ4n) is 3.59. The predicted octanol–water partition coefficient (Wildman–Crippen LogP) is 3.21. The smallest absolute Gasteiger partial charge is 0.236 e. The van der Waals surface area contributed by atoms with Crippen LogP contribution in [-0.2, 0) is 4.79 Å². The third-order valence-electron chi connectivity index (χ3n) is 5.07. The summed E-state index contributed by atoms with van der Waals surface area (Å²) in [5.74, 6) is -0.726. The van der Waals surface area contributed by atoms with E-state index in [0.29, 0.717) is 18.7 Å². The number of pyridine rings is 1. The van der Waals surface area contributed by atoms with E-state index in [2.05, 4.69) is 20.4 Å². The number of piperidine rings is 1. The zero-order chi connectivity index (χ0) is 21.3. The number of hydrogen-bond donors (Lipinski definition) is 1. The topological polar surface area (TPSA) is 99.2 Å². The Balaban J connectivity index is 1.63. The summed E-state index contributed by atoms with van der Waals surface area (Å²) in [6.07, 6.45) is 4.76. The molecule has 0 unspecified atom stereocenters. The first kappa shape index (κ1) is 20.0. The molecule has 0 aromatic carbocycles. The van der Waals surface area contributed by atoms with Crippen LogP contribution in [0.25, 0.3) is 16.9 Å². The molecular formula is C20H19ClFN7O. The van der Waals surface area contributed by atoms with E-state index in [4.69, 9.17) is 16.9 Å². The van der Waals surface area contributed by atoms with Gasteiger partial charge in [0.25, 0.3) is 0 Å². The summed E-state index contributed by atoms with van der Waals surface area (Å²) < 4.78 is 16.4. The van der Waals surface area contributed by atoms with Crippen LogP contribution in [0.15, 0.2) is 24.5 Å². The molecule has 0 saturated carbocycles. The number of carbonyl (C=O) groups is 1. The molecule has 3 aromatic heterocycles. The Hall–Kier alpha value is -3.25. The van der Waals surface area contributed by atoms with Crippen molar-refractivity contribution in [1.82, 2.24) is 24.5 Å². The molecule has 0 spiro atoms. The second kappa shape index (κ2) is 8.24. The molecule has 8 nitrogen and oxygen atoms in total. The summed E-state index contributed by atoms with van der Waals surface area (Å²) in [7, 11) is 0. The van der Waals surface area contributed by atoms with Crippen LogP contribution in [0.4, 0.5) is 10.2 Å². The quantitative estimate of drug-likeness (QED) is 0.642. The van der Waals surface area contributed by atoms with E-state index in [9.17, 15) is 9.18 Å². The van der Waals surface area contributed by atoms with Crippen molar-refractivity contribution in [2.75, 3.05) is 18.4 Å². The summed E-state index contributed by atoms with van der Waals surface area (Å²) in [6, 6.07) is 5.53. The normalized spacial score (nSPS) is 16.5. The fraction of sp³-hybridized carbons (Fsp3) is 0.350. The summed E-state index contributed by atoms with van der Waals surface area (Å²) in [6.45, 7) is 2.91. The van der Waals surface area contributed by atoms with Gasteiger partial charge in [0.2, 0.25) is 11.7 Å². The molecule has 30 heavy (non-hydrogen) atoms. The Morgan fingerprint density at radius 3 is 3.10 bits per heavy atom. The molecule has 3 aromatic rings. The Morgan fingerprint density at radius 1 is 1.47 bits per heavy atom. The average Bonchev–Trinajstić information content (AvgIpc) is 3.14. The van der Waals surface area contributed by atoms with Crippen LogP contribution in [0, 0.1) is 24.1 Å². The minimum atomic E-state index is -0.742. The summed E-state index contributed by atoms with van der Waals surface area (Å²) in [5.41, 5.74) is 2.47. The molecule has 1 aliphatic rings. The number of nitriles is 1. The van der Waals surface area contributed by atoms with Crippen LogP contribution in [0.2, 0.25) is 5.15 Å². The fourth-order valence-corrected chi connectivity index (χ4v) is 3.76. The number of likely N-dealkylation sites (tertiary alicyclic amines) is 1. The van der Waals surface area contributed by atoms with Gasteiger partial charge in [-0.1, -0.05) is 11.6 Å². The highest BCUT2D eigenvalue weighted by Gasteiger charge is 2.25. The number of anilines is 1. The number of hydrogen-bond acceptors (Lipinski definition) is 6. The van der Waals surface area contributed by atoms with Gasteiger partial charge in [0, 0.05) is 25.3 Å². The van der Waals surface area contributed by atoms with E-state index < -0.39 is 5.82 Å². The summed E-state index contributed by atoms with van der Waals surface area (Å²) in [4.78, 5) is 22.1. The number of fused-ring (bicyclic) bond motifs is 1. The molecule has 4 heterocycles. The van der Waals surface area contributed by atoms with E-state index in [0.717, 1.165) is 23.9 Å². The van der Waals surface area contributed by atoms with Crippen molar-refractivity contribution >= 4 is 28.8 Å². The molecule has 1 fully saturated rings. The molecule has 0 bridgehead atoms. The van der Waals surface area contributed by atoms with Crippen LogP contribution in [0.3, 0.4) is 0 Å². The minimum Gasteiger partial charge on any atom is -0.363 e. The second-order valence-electron chi connectivity index (χ2n) is 7.25. The molecular weight excluding hydrogens is 409 g/mol. The van der Waals surface area contributed by atoms with Crippen molar-refractivity contribution < 1.29 is 9.18 Å². The largest absolute Gasteiger partial charge is 0.363 e. The first-order valence-corrected chi connectivity index (χ1v) is 9.92. The molecule has 0 radical (unpaired) electrons. The van der Waals surface area contributed by atoms with Gasteiger partial charge in [0.05, 0.1) is 23.3 Å². The molecule has 1 amide bonds. The Morgan fingerprint density at radius 2 is 2.30 bits per heavy atom. The Labute approximate surface area is 177 Å². The van der Waals surface area contributed by atoms with Gasteiger partial charge < -0.3 is 10.2 Å². The maximum atomic E-state index is 14.7. The van der Waals surface area contributed by atoms with Gasteiger partial charge in [-0.15, -0.1) is 0 Å². The van der Waals surface area contributed by atoms with Gasteiger partial charge in [0.15, 0.2) is 16.8 Å². The third kappa shape index (κ3) is 3.91. The zero-order valence-electron chi connectivity index (χ0n) is 16.3. The molecule has 154 valence electrons. The Bertz CT molecular complexity index is 1160. The van der Waals surface area contributed by atoms with Crippen LogP contribution >= 0.6 is 11.6 Å². The van der Waals surface area contributed by atoms with Crippen molar-refractivity contribution in [2.45, 2.75) is 32.2 Å². The van der Waals surface area contributed by atoms with E-state index in [1.54, 1.807) is 15.6 Å². The van der Waals surface area contributed by atoms with Gasteiger partial charge in [-0.2, -0.15) is 14.8 Å². The lowest BCUT2D eigenvalue weighted by atomic mass is 10.1. The highest BCUT2D eigenvalue weighted by Crippen LogP contribution is 2.28. The van der Waals surface area contributed by atoms with Crippen LogP contribution in [0.5, 0.6) is 0 Å². The van der Waals surface area contributed by atoms with E-state index in [1.165, 1.54) is 0 Å². The predicted molar refractivity (Wildman–Crippen MR) is 109 cm³/mol. The molecule has 4 rings (SSSR count). The standard InChI is InChI=1S/C20H19ClFN7O/c1-12-5-8-29-15(9-12)14(10-24-29)19-26-18(21)17(22)20(27-19)25-13-3-2-7-28(11-13)16(30)4-6-23/h5,8-10,13H,2-4,7,11H2,1H3,(H,25,26,27)/t13-/m1/s1. The lowest BCUT2D eigenvalue weighted by Crippen LogP contribution is -2.45. The number of rotatable bonds is 4. The monoisotopic (exact) mass is 427 g/mol. The molecule has 0 aliphatic carbocycles. The second-order valence-corrected chi connectivity index (χ2v) is 7.61. The minimum absolute atomic E-state index is 0.0171. The van der Waals surface area contributed by atoms with Gasteiger partial charge in [-0.25, -0.2) is 14.5 Å². The van der Waals surface area contributed by atoms with Crippen molar-refractivity contribution in [3.8, 4) is 17.5 Å². The number of nitrogens with zero attached hydrogens (tertiary/aromatic N) is 6. The third-order valence-corrected chi connectivity index (χ3v) is 5.32. The first-order valence-electron chi connectivity index (χ1n) is 9.55. The number of aryl methyl sites for hydroxylation is 1. The highest BCUT2D eigenvalue weighted by molar-refractivity contribution is 6.29. The summed E-state index contributed by atoms with van der Waals surface area (Å²) in [5, 5.41) is 15.8. The van der Waals surface area contributed by atoms with Gasteiger partial charge in [-0.05, 0) is 37.5 Å². The number of aromatic nitrogens is 4. The first-order chi connectivity index (χ1) is 14.5. The molecule has 10 heteroatoms. The average molecular weight is 428 g/mol. The maximum absolute atomic E-state index is 14.7. The van der Waals surface area contributed by atoms with Gasteiger partial charge in [0.1, 0.15) is 6.42 Å². The van der Waals surface area contributed by atoms with E-state index in [-0.39, 0.29) is 35.2 Å². The molecule has 1 atom stereocenters. The van der Waals surface area contributed by atoms with Crippen molar-refractivity contribution in [3.63, 3.8) is 0 Å². The molecule has 1 aliphatic heterocycles. The molecule has 1 saturated heterocycles. The number of amides is 1. The van der Waals surface area contributed by atoms with Crippen molar-refractivity contribution in [2.24, 2.45) is 0 Å². The lowest BCUT2D eigenvalue weighted by molar-refractivity contribution is -0.131. The van der Waals surface area contributed by atoms with Gasteiger partial charge >= 0.3 is 0 Å². The number of halogens is 2. The van der Waals surface area contributed by atoms with Gasteiger partial charge in [-0.3, -0.25) is 4.79 Å². The lowest BCUT2D eigenvalue weighted by Gasteiger charge is -2.33. The van der Waals surface area contributed by atoms with Crippen LogP contribution in [-0.4, -0.2) is 49.5 Å². The summed E-state index contributed by atoms with van der Waals surface area (Å²) >= 11 is 6.06. The molecule has 1 N–H and O–H groups in total. The number of nitrogens with one attached hydrogen (secondary N) is 1. The van der Waals surface area contributed by atoms with E-state index in [1.807, 2.05) is 31.3 Å². The zero-order valence-corrected chi connectivity index (χ0v) is 17.0. The number of carbonyl (C=O) groups excluding carboxylic acids is 1. The van der Waals surface area contributed by atoms with E-state index >= 15 is 0 Å². The Kier molecular flexibility index (Phi) is 5.50. The highest BCUT2D eigenvalue weighted by atomic mass is 35.5. The van der Waals surface area contributed by atoms with Crippen molar-refractivity contribution in [3.05, 3.63) is 41.1 Å². The van der Waals surface area contributed by atoms with Crippen LogP contribution < -0.4 is 5.32 Å². The van der Waals surface area contributed by atoms with Crippen LogP contribution in [0.1, 0.15) is 24.8 Å². The van der Waals surface area contributed by atoms with Crippen molar-refractivity contribution in [1.29, 1.82) is 5.26 Å².